The summed E-state index contributed by atoms with van der Waals surface area (Å²) in [7, 11) is 0. The first-order chi connectivity index (χ1) is 13.6. The lowest BCUT2D eigenvalue weighted by Gasteiger charge is -2.32. The minimum absolute atomic E-state index is 0.00500. The highest BCUT2D eigenvalue weighted by atomic mass is 19.1. The van der Waals surface area contributed by atoms with Crippen LogP contribution in [0.15, 0.2) is 49.3 Å². The number of imidazole rings is 1. The summed E-state index contributed by atoms with van der Waals surface area (Å²) in [5.74, 6) is -0.457. The van der Waals surface area contributed by atoms with E-state index in [1.54, 1.807) is 23.3 Å². The van der Waals surface area contributed by atoms with E-state index in [9.17, 15) is 13.6 Å². The summed E-state index contributed by atoms with van der Waals surface area (Å²) >= 11 is 0. The van der Waals surface area contributed by atoms with Gasteiger partial charge in [0.2, 0.25) is 5.91 Å². The molecule has 4 rings (SSSR count). The van der Waals surface area contributed by atoms with Gasteiger partial charge in [-0.25, -0.2) is 23.7 Å². The van der Waals surface area contributed by atoms with E-state index in [2.05, 4.69) is 25.2 Å². The standard InChI is InChI=1S/C19H18F2N6O/c20-14-1-2-16(15(21)9-14)25-19(28)13-3-6-26(7-4-13)17-10-18(24-11-23-17)27-8-5-22-12-27/h1-2,5,8-13H,3-4,6-7H2,(H,25,28). The van der Waals surface area contributed by atoms with Crippen LogP contribution >= 0.6 is 0 Å². The van der Waals surface area contributed by atoms with Crippen LogP contribution in [0, 0.1) is 17.6 Å². The molecule has 1 amide bonds. The Morgan fingerprint density at radius 3 is 2.61 bits per heavy atom. The van der Waals surface area contributed by atoms with E-state index < -0.39 is 11.6 Å². The Balaban J connectivity index is 1.38. The van der Waals surface area contributed by atoms with Gasteiger partial charge < -0.3 is 10.2 Å². The van der Waals surface area contributed by atoms with Crippen molar-refractivity contribution >= 4 is 17.4 Å². The number of rotatable bonds is 4. The molecule has 3 heterocycles. The maximum Gasteiger partial charge on any atom is 0.227 e. The first kappa shape index (κ1) is 18.0. The molecule has 1 N–H and O–H groups in total. The number of benzene rings is 1. The molecular weight excluding hydrogens is 366 g/mol. The second-order valence-electron chi connectivity index (χ2n) is 6.58. The zero-order valence-corrected chi connectivity index (χ0v) is 14.9. The highest BCUT2D eigenvalue weighted by molar-refractivity contribution is 5.92. The molecule has 9 heteroatoms. The predicted octanol–water partition coefficient (Wildman–Crippen LogP) is 2.80. The molecule has 0 bridgehead atoms. The van der Waals surface area contributed by atoms with Crippen molar-refractivity contribution in [3.05, 3.63) is 60.9 Å². The molecule has 0 atom stereocenters. The summed E-state index contributed by atoms with van der Waals surface area (Å²) in [4.78, 5) is 27.1. The molecule has 1 fully saturated rings. The summed E-state index contributed by atoms with van der Waals surface area (Å²) < 4.78 is 28.5. The van der Waals surface area contributed by atoms with E-state index in [0.29, 0.717) is 31.7 Å². The van der Waals surface area contributed by atoms with Gasteiger partial charge in [0.05, 0.1) is 5.69 Å². The first-order valence-corrected chi connectivity index (χ1v) is 8.91. The normalized spacial score (nSPS) is 14.9. The number of aromatic nitrogens is 4. The summed E-state index contributed by atoms with van der Waals surface area (Å²) in [5.41, 5.74) is -0.00500. The van der Waals surface area contributed by atoms with Crippen LogP contribution in [-0.4, -0.2) is 38.5 Å². The highest BCUT2D eigenvalue weighted by Gasteiger charge is 2.26. The van der Waals surface area contributed by atoms with Crippen LogP contribution in [-0.2, 0) is 4.79 Å². The molecule has 1 aliphatic rings. The van der Waals surface area contributed by atoms with Crippen LogP contribution < -0.4 is 10.2 Å². The van der Waals surface area contributed by atoms with Gasteiger partial charge >= 0.3 is 0 Å². The largest absolute Gasteiger partial charge is 0.356 e. The molecule has 1 aromatic carbocycles. The third-order valence-electron chi connectivity index (χ3n) is 4.79. The summed E-state index contributed by atoms with van der Waals surface area (Å²) in [5, 5.41) is 2.55. The van der Waals surface area contributed by atoms with Crippen LogP contribution in [0.3, 0.4) is 0 Å². The minimum atomic E-state index is -0.779. The van der Waals surface area contributed by atoms with Gasteiger partial charge in [-0.1, -0.05) is 0 Å². The summed E-state index contributed by atoms with van der Waals surface area (Å²) in [6, 6.07) is 4.98. The van der Waals surface area contributed by atoms with Gasteiger partial charge in [0, 0.05) is 43.5 Å². The minimum Gasteiger partial charge on any atom is -0.356 e. The lowest BCUT2D eigenvalue weighted by Crippen LogP contribution is -2.38. The zero-order chi connectivity index (χ0) is 19.5. The van der Waals surface area contributed by atoms with Gasteiger partial charge in [-0.3, -0.25) is 9.36 Å². The number of halogens is 2. The molecule has 0 spiro atoms. The Morgan fingerprint density at radius 2 is 1.89 bits per heavy atom. The quantitative estimate of drug-likeness (QED) is 0.749. The molecule has 144 valence electrons. The van der Waals surface area contributed by atoms with Crippen LogP contribution in [0.5, 0.6) is 0 Å². The number of piperidine rings is 1. The molecule has 2 aromatic heterocycles. The number of anilines is 2. The van der Waals surface area contributed by atoms with Crippen molar-refractivity contribution in [2.75, 3.05) is 23.3 Å². The lowest BCUT2D eigenvalue weighted by atomic mass is 9.95. The molecule has 28 heavy (non-hydrogen) atoms. The molecular formula is C19H18F2N6O. The number of amides is 1. The van der Waals surface area contributed by atoms with Crippen molar-refractivity contribution in [3.8, 4) is 5.82 Å². The SMILES string of the molecule is O=C(Nc1ccc(F)cc1F)C1CCN(c2cc(-n3ccnc3)ncn2)CC1. The van der Waals surface area contributed by atoms with Crippen molar-refractivity contribution in [2.24, 2.45) is 5.92 Å². The van der Waals surface area contributed by atoms with E-state index in [1.165, 1.54) is 12.4 Å². The third kappa shape index (κ3) is 3.83. The van der Waals surface area contributed by atoms with E-state index in [0.717, 1.165) is 18.0 Å². The van der Waals surface area contributed by atoms with Gasteiger partial charge in [0.25, 0.3) is 0 Å². The van der Waals surface area contributed by atoms with Crippen molar-refractivity contribution in [2.45, 2.75) is 12.8 Å². The summed E-state index contributed by atoms with van der Waals surface area (Å²) in [6.07, 6.45) is 7.86. The fourth-order valence-electron chi connectivity index (χ4n) is 3.24. The number of hydrogen-bond acceptors (Lipinski definition) is 5. The Kier molecular flexibility index (Phi) is 4.96. The Hall–Kier alpha value is -3.36. The molecule has 1 saturated heterocycles. The third-order valence-corrected chi connectivity index (χ3v) is 4.79. The number of nitrogens with one attached hydrogen (secondary N) is 1. The predicted molar refractivity (Wildman–Crippen MR) is 99.1 cm³/mol. The lowest BCUT2D eigenvalue weighted by molar-refractivity contribution is -0.120. The molecule has 0 aliphatic carbocycles. The smallest absolute Gasteiger partial charge is 0.227 e. The van der Waals surface area contributed by atoms with Crippen molar-refractivity contribution < 1.29 is 13.6 Å². The molecule has 1 aliphatic heterocycles. The average molecular weight is 384 g/mol. The fourth-order valence-corrected chi connectivity index (χ4v) is 3.24. The van der Waals surface area contributed by atoms with E-state index in [1.807, 2.05) is 6.07 Å². The second kappa shape index (κ2) is 7.71. The number of nitrogens with zero attached hydrogens (tertiary/aromatic N) is 5. The number of hydrogen-bond donors (Lipinski definition) is 1. The molecule has 0 unspecified atom stereocenters. The monoisotopic (exact) mass is 384 g/mol. The van der Waals surface area contributed by atoms with Crippen LogP contribution in [0.2, 0.25) is 0 Å². The molecule has 3 aromatic rings. The Labute approximate surface area is 160 Å². The van der Waals surface area contributed by atoms with Crippen LogP contribution in [0.1, 0.15) is 12.8 Å². The van der Waals surface area contributed by atoms with Gasteiger partial charge in [0.15, 0.2) is 0 Å². The fraction of sp³-hybridized carbons (Fsp3) is 0.263. The van der Waals surface area contributed by atoms with Crippen molar-refractivity contribution in [1.29, 1.82) is 0 Å². The Bertz CT molecular complexity index is 970. The van der Waals surface area contributed by atoms with Gasteiger partial charge in [-0.05, 0) is 25.0 Å². The van der Waals surface area contributed by atoms with Gasteiger partial charge in [0.1, 0.15) is 35.9 Å². The molecule has 0 radical (unpaired) electrons. The van der Waals surface area contributed by atoms with E-state index in [-0.39, 0.29) is 17.5 Å². The number of carbonyl (C=O) groups is 1. The van der Waals surface area contributed by atoms with Crippen molar-refractivity contribution in [3.63, 3.8) is 0 Å². The Morgan fingerprint density at radius 1 is 1.11 bits per heavy atom. The maximum atomic E-state index is 13.7. The first-order valence-electron chi connectivity index (χ1n) is 8.91. The van der Waals surface area contributed by atoms with Crippen LogP contribution in [0.4, 0.5) is 20.3 Å². The molecule has 0 saturated carbocycles. The topological polar surface area (TPSA) is 75.9 Å². The van der Waals surface area contributed by atoms with Gasteiger partial charge in [-0.2, -0.15) is 0 Å². The maximum absolute atomic E-state index is 13.7. The zero-order valence-electron chi connectivity index (χ0n) is 14.9. The van der Waals surface area contributed by atoms with Gasteiger partial charge in [-0.15, -0.1) is 0 Å². The second-order valence-corrected chi connectivity index (χ2v) is 6.58. The van der Waals surface area contributed by atoms with E-state index >= 15 is 0 Å². The van der Waals surface area contributed by atoms with E-state index in [4.69, 9.17) is 0 Å². The average Bonchev–Trinajstić information content (AvgIpc) is 3.25. The van der Waals surface area contributed by atoms with Crippen molar-refractivity contribution in [1.82, 2.24) is 19.5 Å². The molecule has 7 nitrogen and oxygen atoms in total. The highest BCUT2D eigenvalue weighted by Crippen LogP contribution is 2.24. The van der Waals surface area contributed by atoms with Crippen LogP contribution in [0.25, 0.3) is 5.82 Å². The summed E-state index contributed by atoms with van der Waals surface area (Å²) in [6.45, 7) is 1.29. The number of carbonyl (C=O) groups excluding carboxylic acids is 1.